The molecule has 1 aliphatic rings. The van der Waals surface area contributed by atoms with Crippen LogP contribution in [-0.2, 0) is 4.84 Å². The van der Waals surface area contributed by atoms with Crippen molar-refractivity contribution >= 4 is 5.71 Å². The Bertz CT molecular complexity index is 332. The lowest BCUT2D eigenvalue weighted by molar-refractivity contribution is 0.0357. The van der Waals surface area contributed by atoms with Crippen molar-refractivity contribution in [2.24, 2.45) is 16.5 Å². The van der Waals surface area contributed by atoms with Crippen molar-refractivity contribution in [2.75, 3.05) is 13.2 Å². The molecule has 0 bridgehead atoms. The minimum Gasteiger partial charge on any atom is -0.393 e. The van der Waals surface area contributed by atoms with E-state index in [-0.39, 0.29) is 12.1 Å². The number of oxime groups is 1. The number of aliphatic hydroxyl groups excluding tert-OH is 1. The standard InChI is InChI=1S/C16H32N2O2/c1-12-7-13(9-16(5,6)8-12)18-20-11-14(19)10-17-15(2,3)4/h12,14,17,19H,7-11H2,1-6H3/b18-13-/t12-,14-/m0/s1. The molecular formula is C16H32N2O2. The van der Waals surface area contributed by atoms with Crippen LogP contribution in [0.4, 0.5) is 0 Å². The van der Waals surface area contributed by atoms with Gasteiger partial charge in [0, 0.05) is 12.1 Å². The van der Waals surface area contributed by atoms with E-state index >= 15 is 0 Å². The van der Waals surface area contributed by atoms with Crippen LogP contribution >= 0.6 is 0 Å². The summed E-state index contributed by atoms with van der Waals surface area (Å²) in [6.45, 7) is 13.8. The van der Waals surface area contributed by atoms with Crippen molar-refractivity contribution in [1.29, 1.82) is 0 Å². The Balaban J connectivity index is 2.33. The lowest BCUT2D eigenvalue weighted by Gasteiger charge is -2.34. The van der Waals surface area contributed by atoms with Crippen molar-refractivity contribution in [3.05, 3.63) is 0 Å². The molecule has 1 aliphatic carbocycles. The molecule has 0 heterocycles. The van der Waals surface area contributed by atoms with Gasteiger partial charge < -0.3 is 15.3 Å². The molecule has 2 atom stereocenters. The molecule has 0 spiro atoms. The molecule has 0 saturated heterocycles. The Morgan fingerprint density at radius 3 is 2.65 bits per heavy atom. The summed E-state index contributed by atoms with van der Waals surface area (Å²) in [6, 6.07) is 0. The third-order valence-electron chi connectivity index (χ3n) is 3.50. The highest BCUT2D eigenvalue weighted by Crippen LogP contribution is 2.36. The molecule has 1 saturated carbocycles. The fourth-order valence-electron chi connectivity index (χ4n) is 2.88. The first-order valence-corrected chi connectivity index (χ1v) is 7.68. The van der Waals surface area contributed by atoms with Gasteiger partial charge in [0.1, 0.15) is 12.7 Å². The molecule has 0 aromatic heterocycles. The second kappa shape index (κ2) is 6.90. The Morgan fingerprint density at radius 2 is 2.10 bits per heavy atom. The first-order chi connectivity index (χ1) is 9.07. The lowest BCUT2D eigenvalue weighted by atomic mass is 9.72. The number of β-amino-alcohol motifs (C(OH)–C–C–N with tert-alkyl or cyclic N) is 1. The van der Waals surface area contributed by atoms with Crippen molar-refractivity contribution < 1.29 is 9.94 Å². The van der Waals surface area contributed by atoms with Crippen LogP contribution < -0.4 is 5.32 Å². The van der Waals surface area contributed by atoms with Crippen LogP contribution in [0.15, 0.2) is 5.16 Å². The summed E-state index contributed by atoms with van der Waals surface area (Å²) in [5.41, 5.74) is 1.45. The average molecular weight is 284 g/mol. The first-order valence-electron chi connectivity index (χ1n) is 7.68. The van der Waals surface area contributed by atoms with Gasteiger partial charge in [0.05, 0.1) is 5.71 Å². The van der Waals surface area contributed by atoms with E-state index in [9.17, 15) is 5.11 Å². The molecule has 4 heteroatoms. The topological polar surface area (TPSA) is 53.9 Å². The van der Waals surface area contributed by atoms with E-state index in [1.54, 1.807) is 0 Å². The number of rotatable bonds is 5. The van der Waals surface area contributed by atoms with Gasteiger partial charge in [-0.05, 0) is 51.4 Å². The molecule has 1 fully saturated rings. The highest BCUT2D eigenvalue weighted by molar-refractivity contribution is 5.85. The zero-order chi connectivity index (χ0) is 15.4. The second-order valence-electron chi connectivity index (χ2n) is 8.09. The number of hydrogen-bond donors (Lipinski definition) is 2. The minimum atomic E-state index is -0.521. The maximum Gasteiger partial charge on any atom is 0.144 e. The molecule has 0 amide bonds. The van der Waals surface area contributed by atoms with Crippen LogP contribution in [-0.4, -0.2) is 35.6 Å². The van der Waals surface area contributed by atoms with Crippen LogP contribution in [0, 0.1) is 11.3 Å². The normalized spacial score (nSPS) is 26.6. The smallest absolute Gasteiger partial charge is 0.144 e. The van der Waals surface area contributed by atoms with Gasteiger partial charge in [0.2, 0.25) is 0 Å². The van der Waals surface area contributed by atoms with Gasteiger partial charge in [-0.3, -0.25) is 0 Å². The molecule has 0 unspecified atom stereocenters. The van der Waals surface area contributed by atoms with E-state index in [0.29, 0.717) is 17.9 Å². The van der Waals surface area contributed by atoms with Crippen LogP contribution in [0.5, 0.6) is 0 Å². The largest absolute Gasteiger partial charge is 0.393 e. The Hall–Kier alpha value is -0.610. The van der Waals surface area contributed by atoms with E-state index in [0.717, 1.165) is 18.6 Å². The summed E-state index contributed by atoms with van der Waals surface area (Å²) in [5, 5.41) is 17.3. The predicted octanol–water partition coefficient (Wildman–Crippen LogP) is 2.95. The first kappa shape index (κ1) is 17.4. The molecule has 0 aromatic carbocycles. The Labute approximate surface area is 124 Å². The zero-order valence-electron chi connectivity index (χ0n) is 14.0. The molecule has 1 rings (SSSR count). The van der Waals surface area contributed by atoms with Crippen LogP contribution in [0.3, 0.4) is 0 Å². The fraction of sp³-hybridized carbons (Fsp3) is 0.938. The third kappa shape index (κ3) is 7.25. The monoisotopic (exact) mass is 284 g/mol. The summed E-state index contributed by atoms with van der Waals surface area (Å²) < 4.78 is 0. The maximum atomic E-state index is 9.84. The Kier molecular flexibility index (Phi) is 6.02. The predicted molar refractivity (Wildman–Crippen MR) is 83.9 cm³/mol. The van der Waals surface area contributed by atoms with Gasteiger partial charge in [0.15, 0.2) is 0 Å². The summed E-state index contributed by atoms with van der Waals surface area (Å²) in [6.07, 6.45) is 2.73. The molecule has 2 N–H and O–H groups in total. The van der Waals surface area contributed by atoms with Crippen molar-refractivity contribution in [3.8, 4) is 0 Å². The van der Waals surface area contributed by atoms with E-state index < -0.39 is 6.10 Å². The van der Waals surface area contributed by atoms with Crippen LogP contribution in [0.2, 0.25) is 0 Å². The number of nitrogens with one attached hydrogen (secondary N) is 1. The fourth-order valence-corrected chi connectivity index (χ4v) is 2.88. The van der Waals surface area contributed by atoms with E-state index in [1.165, 1.54) is 6.42 Å². The quantitative estimate of drug-likeness (QED) is 0.763. The summed E-state index contributed by atoms with van der Waals surface area (Å²) in [7, 11) is 0. The highest BCUT2D eigenvalue weighted by atomic mass is 16.6. The van der Waals surface area contributed by atoms with Gasteiger partial charge >= 0.3 is 0 Å². The number of nitrogens with zero attached hydrogens (tertiary/aromatic N) is 1. The summed E-state index contributed by atoms with van der Waals surface area (Å²) >= 11 is 0. The van der Waals surface area contributed by atoms with Crippen LogP contribution in [0.1, 0.15) is 60.8 Å². The minimum absolute atomic E-state index is 0.00962. The summed E-state index contributed by atoms with van der Waals surface area (Å²) in [5.74, 6) is 0.661. The second-order valence-corrected chi connectivity index (χ2v) is 8.09. The zero-order valence-corrected chi connectivity index (χ0v) is 14.0. The van der Waals surface area contributed by atoms with E-state index in [1.807, 2.05) is 0 Å². The highest BCUT2D eigenvalue weighted by Gasteiger charge is 2.29. The van der Waals surface area contributed by atoms with Crippen molar-refractivity contribution in [1.82, 2.24) is 5.32 Å². The maximum absolute atomic E-state index is 9.84. The lowest BCUT2D eigenvalue weighted by Crippen LogP contribution is -2.42. The van der Waals surface area contributed by atoms with Crippen molar-refractivity contribution in [3.63, 3.8) is 0 Å². The molecular weight excluding hydrogens is 252 g/mol. The number of aliphatic hydroxyl groups is 1. The molecule has 0 aromatic rings. The molecule has 0 aliphatic heterocycles. The van der Waals surface area contributed by atoms with E-state index in [2.05, 4.69) is 52.0 Å². The molecule has 20 heavy (non-hydrogen) atoms. The van der Waals surface area contributed by atoms with Gasteiger partial charge in [0.25, 0.3) is 0 Å². The van der Waals surface area contributed by atoms with Gasteiger partial charge in [-0.2, -0.15) is 0 Å². The van der Waals surface area contributed by atoms with Gasteiger partial charge in [-0.15, -0.1) is 0 Å². The Morgan fingerprint density at radius 1 is 1.45 bits per heavy atom. The SMILES string of the molecule is C[C@H]1C/C(=N/OC[C@@H](O)CNC(C)(C)C)CC(C)(C)C1. The van der Waals surface area contributed by atoms with Gasteiger partial charge in [-0.25, -0.2) is 0 Å². The third-order valence-corrected chi connectivity index (χ3v) is 3.50. The van der Waals surface area contributed by atoms with E-state index in [4.69, 9.17) is 4.84 Å². The molecule has 118 valence electrons. The van der Waals surface area contributed by atoms with Crippen molar-refractivity contribution in [2.45, 2.75) is 72.4 Å². The number of hydrogen-bond acceptors (Lipinski definition) is 4. The molecule has 0 radical (unpaired) electrons. The van der Waals surface area contributed by atoms with Crippen LogP contribution in [0.25, 0.3) is 0 Å². The summed E-state index contributed by atoms with van der Waals surface area (Å²) in [4.78, 5) is 5.34. The van der Waals surface area contributed by atoms with Gasteiger partial charge in [-0.1, -0.05) is 25.9 Å². The average Bonchev–Trinajstić information content (AvgIpc) is 2.22. The molecule has 4 nitrogen and oxygen atoms in total.